The Morgan fingerprint density at radius 3 is 1.64 bits per heavy atom. The first-order valence-corrected chi connectivity index (χ1v) is 22.3. The van der Waals surface area contributed by atoms with Gasteiger partial charge in [0.1, 0.15) is 6.10 Å². The van der Waals surface area contributed by atoms with Crippen molar-refractivity contribution in [3.8, 4) is 0 Å². The van der Waals surface area contributed by atoms with Crippen LogP contribution in [0.3, 0.4) is 0 Å². The number of phosphoric acid groups is 1. The molecule has 0 aliphatic heterocycles. The van der Waals surface area contributed by atoms with Crippen molar-refractivity contribution in [1.29, 1.82) is 0 Å². The van der Waals surface area contributed by atoms with Crippen molar-refractivity contribution in [3.05, 3.63) is 24.3 Å². The van der Waals surface area contributed by atoms with Crippen molar-refractivity contribution < 1.29 is 32.8 Å². The minimum Gasteiger partial charge on any atom is -0.457 e. The summed E-state index contributed by atoms with van der Waals surface area (Å²) in [5.41, 5.74) is 5.36. The van der Waals surface area contributed by atoms with Crippen molar-refractivity contribution >= 4 is 13.8 Å². The lowest BCUT2D eigenvalue weighted by Crippen LogP contribution is -2.28. The van der Waals surface area contributed by atoms with Crippen molar-refractivity contribution in [1.82, 2.24) is 0 Å². The Hall–Kier alpha value is -1.02. The average molecular weight is 730 g/mol. The molecule has 0 aromatic carbocycles. The van der Waals surface area contributed by atoms with E-state index in [0.717, 1.165) is 44.9 Å². The third kappa shape index (κ3) is 38.2. The van der Waals surface area contributed by atoms with Crippen LogP contribution in [0.4, 0.5) is 0 Å². The SMILES string of the molecule is CCC/C=C\C/C=C\CCCCCCCCOCC(COP(=O)(O)OCCN)OC(=O)CCCCCCCCCCCCCCCCCCC. The fourth-order valence-corrected chi connectivity index (χ4v) is 6.56. The molecule has 0 heterocycles. The summed E-state index contributed by atoms with van der Waals surface area (Å²) in [7, 11) is -4.27. The number of esters is 1. The maximum Gasteiger partial charge on any atom is 0.472 e. The van der Waals surface area contributed by atoms with Gasteiger partial charge in [-0.1, -0.05) is 173 Å². The molecule has 0 rings (SSSR count). The Labute approximate surface area is 308 Å². The van der Waals surface area contributed by atoms with Gasteiger partial charge in [-0.05, 0) is 38.5 Å². The van der Waals surface area contributed by atoms with Gasteiger partial charge in [-0.15, -0.1) is 0 Å². The van der Waals surface area contributed by atoms with Crippen LogP contribution in [-0.2, 0) is 27.9 Å². The predicted molar refractivity (Wildman–Crippen MR) is 210 cm³/mol. The van der Waals surface area contributed by atoms with Crippen LogP contribution in [0, 0.1) is 0 Å². The summed E-state index contributed by atoms with van der Waals surface area (Å²) < 4.78 is 33.4. The van der Waals surface area contributed by atoms with Crippen LogP contribution in [0.25, 0.3) is 0 Å². The summed E-state index contributed by atoms with van der Waals surface area (Å²) >= 11 is 0. The second kappa shape index (κ2) is 39.2. The number of carbonyl (C=O) groups is 1. The van der Waals surface area contributed by atoms with E-state index >= 15 is 0 Å². The van der Waals surface area contributed by atoms with Gasteiger partial charge in [0.05, 0.1) is 19.8 Å². The first kappa shape index (κ1) is 49.0. The molecule has 2 atom stereocenters. The smallest absolute Gasteiger partial charge is 0.457 e. The summed E-state index contributed by atoms with van der Waals surface area (Å²) in [6, 6.07) is 0. The lowest BCUT2D eigenvalue weighted by Gasteiger charge is -2.20. The third-order valence-corrected chi connectivity index (χ3v) is 9.84. The molecule has 0 bridgehead atoms. The van der Waals surface area contributed by atoms with Gasteiger partial charge in [-0.25, -0.2) is 4.57 Å². The van der Waals surface area contributed by atoms with Crippen LogP contribution < -0.4 is 5.73 Å². The maximum absolute atomic E-state index is 12.6. The van der Waals surface area contributed by atoms with Crippen LogP contribution >= 0.6 is 7.82 Å². The first-order chi connectivity index (χ1) is 24.4. The quantitative estimate of drug-likeness (QED) is 0.0277. The Balaban J connectivity index is 4.03. The molecule has 0 radical (unpaired) electrons. The molecule has 9 heteroatoms. The highest BCUT2D eigenvalue weighted by Crippen LogP contribution is 2.43. The number of hydrogen-bond donors (Lipinski definition) is 2. The van der Waals surface area contributed by atoms with Gasteiger partial charge in [0.25, 0.3) is 0 Å². The molecule has 0 aromatic heterocycles. The molecular weight excluding hydrogens is 649 g/mol. The molecule has 2 unspecified atom stereocenters. The van der Waals surface area contributed by atoms with Gasteiger partial charge in [0, 0.05) is 19.6 Å². The highest BCUT2D eigenvalue weighted by atomic mass is 31.2. The molecule has 0 amide bonds. The van der Waals surface area contributed by atoms with Crippen LogP contribution in [0.2, 0.25) is 0 Å². The Morgan fingerprint density at radius 1 is 0.600 bits per heavy atom. The molecular formula is C41H80NO7P. The molecule has 0 spiro atoms. The summed E-state index contributed by atoms with van der Waals surface area (Å²) in [6.45, 7) is 4.86. The number of ether oxygens (including phenoxy) is 2. The summed E-state index contributed by atoms with van der Waals surface area (Å²) in [5, 5.41) is 0. The van der Waals surface area contributed by atoms with Crippen LogP contribution in [0.1, 0.15) is 194 Å². The predicted octanol–water partition coefficient (Wildman–Crippen LogP) is 12.1. The molecule has 8 nitrogen and oxygen atoms in total. The topological polar surface area (TPSA) is 117 Å². The zero-order valence-electron chi connectivity index (χ0n) is 32.6. The fourth-order valence-electron chi connectivity index (χ4n) is 5.80. The van der Waals surface area contributed by atoms with Gasteiger partial charge in [0.15, 0.2) is 0 Å². The molecule has 50 heavy (non-hydrogen) atoms. The Kier molecular flexibility index (Phi) is 38.4. The van der Waals surface area contributed by atoms with Gasteiger partial charge >= 0.3 is 13.8 Å². The molecule has 0 saturated heterocycles. The number of allylic oxidation sites excluding steroid dienone is 4. The van der Waals surface area contributed by atoms with Gasteiger partial charge in [-0.2, -0.15) is 0 Å². The highest BCUT2D eigenvalue weighted by Gasteiger charge is 2.25. The summed E-state index contributed by atoms with van der Waals surface area (Å²) in [4.78, 5) is 22.4. The van der Waals surface area contributed by atoms with Crippen molar-refractivity contribution in [2.45, 2.75) is 200 Å². The van der Waals surface area contributed by atoms with E-state index in [1.54, 1.807) is 0 Å². The average Bonchev–Trinajstić information content (AvgIpc) is 3.10. The number of phosphoric ester groups is 1. The van der Waals surface area contributed by atoms with Crippen LogP contribution in [-0.4, -0.2) is 49.9 Å². The van der Waals surface area contributed by atoms with E-state index in [1.165, 1.54) is 128 Å². The molecule has 0 saturated carbocycles. The van der Waals surface area contributed by atoms with E-state index in [0.29, 0.717) is 13.0 Å². The van der Waals surface area contributed by atoms with E-state index in [9.17, 15) is 14.3 Å². The van der Waals surface area contributed by atoms with Crippen LogP contribution in [0.15, 0.2) is 24.3 Å². The number of unbranched alkanes of at least 4 members (excludes halogenated alkanes) is 23. The van der Waals surface area contributed by atoms with Gasteiger partial charge in [0.2, 0.25) is 0 Å². The molecule has 0 aliphatic carbocycles. The lowest BCUT2D eigenvalue weighted by atomic mass is 10.0. The number of carbonyl (C=O) groups excluding carboxylic acids is 1. The largest absolute Gasteiger partial charge is 0.472 e. The third-order valence-electron chi connectivity index (χ3n) is 8.85. The van der Waals surface area contributed by atoms with E-state index in [4.69, 9.17) is 24.3 Å². The van der Waals surface area contributed by atoms with E-state index in [2.05, 4.69) is 38.2 Å². The lowest BCUT2D eigenvalue weighted by molar-refractivity contribution is -0.154. The minimum absolute atomic E-state index is 0.0958. The zero-order valence-corrected chi connectivity index (χ0v) is 33.5. The van der Waals surface area contributed by atoms with Crippen LogP contribution in [0.5, 0.6) is 0 Å². The molecule has 0 aromatic rings. The van der Waals surface area contributed by atoms with E-state index in [1.807, 2.05) is 0 Å². The minimum atomic E-state index is -4.27. The molecule has 0 fully saturated rings. The summed E-state index contributed by atoms with van der Waals surface area (Å²) in [5.74, 6) is -0.332. The summed E-state index contributed by atoms with van der Waals surface area (Å²) in [6.07, 6.45) is 41.9. The number of hydrogen-bond acceptors (Lipinski definition) is 7. The Bertz CT molecular complexity index is 823. The normalized spacial score (nSPS) is 13.8. The Morgan fingerprint density at radius 2 is 1.10 bits per heavy atom. The standard InChI is InChI=1S/C41H80NO7P/c1-3-5-7-9-11-13-15-17-19-20-21-22-24-26-28-30-32-34-41(43)49-40(39-48-50(44,45)47-37-35-42)38-46-36-33-31-29-27-25-23-18-16-14-12-10-8-6-4-2/h8,10,14,16,40H,3-7,9,11-13,15,17-39,42H2,1-2H3,(H,44,45)/b10-8-,16-14-. The van der Waals surface area contributed by atoms with Crippen molar-refractivity contribution in [3.63, 3.8) is 0 Å². The highest BCUT2D eigenvalue weighted by molar-refractivity contribution is 7.47. The molecule has 296 valence electrons. The van der Waals surface area contributed by atoms with Gasteiger partial charge < -0.3 is 20.1 Å². The van der Waals surface area contributed by atoms with Crippen molar-refractivity contribution in [2.24, 2.45) is 5.73 Å². The molecule has 3 N–H and O–H groups in total. The number of nitrogens with two attached hydrogens (primary N) is 1. The molecule has 0 aliphatic rings. The fraction of sp³-hybridized carbons (Fsp3) is 0.878. The van der Waals surface area contributed by atoms with E-state index < -0.39 is 13.9 Å². The number of rotatable bonds is 40. The maximum atomic E-state index is 12.6. The van der Waals surface area contributed by atoms with E-state index in [-0.39, 0.29) is 32.3 Å². The first-order valence-electron chi connectivity index (χ1n) is 20.8. The van der Waals surface area contributed by atoms with Gasteiger partial charge in [-0.3, -0.25) is 13.8 Å². The van der Waals surface area contributed by atoms with Crippen molar-refractivity contribution in [2.75, 3.05) is 33.0 Å². The second-order valence-corrected chi connectivity index (χ2v) is 15.3. The monoisotopic (exact) mass is 730 g/mol. The second-order valence-electron chi connectivity index (χ2n) is 13.9. The zero-order chi connectivity index (χ0) is 36.6.